The lowest BCUT2D eigenvalue weighted by atomic mass is 9.87. The van der Waals surface area contributed by atoms with Crippen LogP contribution in [0, 0.1) is 11.7 Å². The maximum atomic E-state index is 13.2. The number of hydrogen-bond acceptors (Lipinski definition) is 2. The summed E-state index contributed by atoms with van der Waals surface area (Å²) in [6, 6.07) is 5.65. The SMILES string of the molecule is CCC1CCN(C(C)c2ccc(F)cc2Br)C(CN)C1. The van der Waals surface area contributed by atoms with Gasteiger partial charge in [-0.3, -0.25) is 4.90 Å². The molecule has 0 amide bonds. The number of piperidine rings is 1. The van der Waals surface area contributed by atoms with E-state index in [1.165, 1.54) is 25.3 Å². The third kappa shape index (κ3) is 3.41. The van der Waals surface area contributed by atoms with E-state index >= 15 is 0 Å². The Labute approximate surface area is 129 Å². The van der Waals surface area contributed by atoms with Gasteiger partial charge in [0, 0.05) is 23.1 Å². The van der Waals surface area contributed by atoms with Crippen LogP contribution in [0.25, 0.3) is 0 Å². The molecule has 112 valence electrons. The molecule has 2 nitrogen and oxygen atoms in total. The molecule has 0 spiro atoms. The fraction of sp³-hybridized carbons (Fsp3) is 0.625. The van der Waals surface area contributed by atoms with Crippen molar-refractivity contribution in [2.24, 2.45) is 11.7 Å². The van der Waals surface area contributed by atoms with Crippen LogP contribution in [-0.4, -0.2) is 24.0 Å². The summed E-state index contributed by atoms with van der Waals surface area (Å²) in [6.07, 6.45) is 3.64. The van der Waals surface area contributed by atoms with Crippen LogP contribution >= 0.6 is 15.9 Å². The van der Waals surface area contributed by atoms with Crippen LogP contribution in [0.3, 0.4) is 0 Å². The minimum Gasteiger partial charge on any atom is -0.329 e. The van der Waals surface area contributed by atoms with Gasteiger partial charge < -0.3 is 5.73 Å². The standard InChI is InChI=1S/C16H24BrFN2/c1-3-12-6-7-20(14(8-12)10-19)11(2)15-5-4-13(18)9-16(15)17/h4-5,9,11-12,14H,3,6-8,10,19H2,1-2H3. The fourth-order valence-corrected chi connectivity index (χ4v) is 3.97. The predicted octanol–water partition coefficient (Wildman–Crippen LogP) is 4.10. The summed E-state index contributed by atoms with van der Waals surface area (Å²) < 4.78 is 14.1. The number of nitrogens with two attached hydrogens (primary N) is 1. The zero-order chi connectivity index (χ0) is 14.7. The lowest BCUT2D eigenvalue weighted by Crippen LogP contribution is -2.47. The second-order valence-corrected chi connectivity index (χ2v) is 6.62. The van der Waals surface area contributed by atoms with Crippen LogP contribution in [0.5, 0.6) is 0 Å². The van der Waals surface area contributed by atoms with Crippen LogP contribution in [0.15, 0.2) is 22.7 Å². The Balaban J connectivity index is 2.17. The van der Waals surface area contributed by atoms with Crippen molar-refractivity contribution in [3.05, 3.63) is 34.1 Å². The van der Waals surface area contributed by atoms with E-state index in [1.807, 2.05) is 6.07 Å². The first-order valence-electron chi connectivity index (χ1n) is 7.47. The smallest absolute Gasteiger partial charge is 0.124 e. The average Bonchev–Trinajstić information content (AvgIpc) is 2.46. The van der Waals surface area contributed by atoms with Crippen molar-refractivity contribution in [3.63, 3.8) is 0 Å². The van der Waals surface area contributed by atoms with Crippen LogP contribution in [0.2, 0.25) is 0 Å². The Morgan fingerprint density at radius 3 is 2.85 bits per heavy atom. The quantitative estimate of drug-likeness (QED) is 0.892. The predicted molar refractivity (Wildman–Crippen MR) is 85.1 cm³/mol. The van der Waals surface area contributed by atoms with Gasteiger partial charge in [0.1, 0.15) is 5.82 Å². The van der Waals surface area contributed by atoms with Gasteiger partial charge in [-0.05, 0) is 49.9 Å². The first-order chi connectivity index (χ1) is 9.56. The Hall–Kier alpha value is -0.450. The Morgan fingerprint density at radius 1 is 1.50 bits per heavy atom. The van der Waals surface area contributed by atoms with Gasteiger partial charge in [0.05, 0.1) is 0 Å². The molecule has 0 radical (unpaired) electrons. The van der Waals surface area contributed by atoms with Gasteiger partial charge in [-0.15, -0.1) is 0 Å². The maximum absolute atomic E-state index is 13.2. The van der Waals surface area contributed by atoms with E-state index in [0.717, 1.165) is 22.5 Å². The third-order valence-electron chi connectivity index (χ3n) is 4.63. The van der Waals surface area contributed by atoms with Crippen molar-refractivity contribution >= 4 is 15.9 Å². The molecule has 3 unspecified atom stereocenters. The summed E-state index contributed by atoms with van der Waals surface area (Å²) in [5.41, 5.74) is 7.11. The molecule has 1 aliphatic heterocycles. The minimum absolute atomic E-state index is 0.201. The lowest BCUT2D eigenvalue weighted by molar-refractivity contribution is 0.0769. The Bertz CT molecular complexity index is 452. The van der Waals surface area contributed by atoms with Crippen molar-refractivity contribution in [2.75, 3.05) is 13.1 Å². The van der Waals surface area contributed by atoms with E-state index in [4.69, 9.17) is 5.73 Å². The molecule has 20 heavy (non-hydrogen) atoms. The number of nitrogens with zero attached hydrogens (tertiary/aromatic N) is 1. The van der Waals surface area contributed by atoms with Crippen LogP contribution in [0.1, 0.15) is 44.7 Å². The van der Waals surface area contributed by atoms with Gasteiger partial charge in [0.15, 0.2) is 0 Å². The van der Waals surface area contributed by atoms with Crippen molar-refractivity contribution in [2.45, 2.75) is 45.2 Å². The van der Waals surface area contributed by atoms with Crippen LogP contribution in [-0.2, 0) is 0 Å². The fourth-order valence-electron chi connectivity index (χ4n) is 3.28. The van der Waals surface area contributed by atoms with Gasteiger partial charge in [0.25, 0.3) is 0 Å². The molecular formula is C16H24BrFN2. The molecule has 0 aromatic heterocycles. The molecule has 1 heterocycles. The molecule has 1 aromatic rings. The zero-order valence-electron chi connectivity index (χ0n) is 12.3. The van der Waals surface area contributed by atoms with Gasteiger partial charge >= 0.3 is 0 Å². The van der Waals surface area contributed by atoms with E-state index in [9.17, 15) is 4.39 Å². The maximum Gasteiger partial charge on any atom is 0.124 e. The Kier molecular flexibility index (Phi) is 5.58. The van der Waals surface area contributed by atoms with E-state index < -0.39 is 0 Å². The summed E-state index contributed by atoms with van der Waals surface area (Å²) >= 11 is 3.48. The molecule has 4 heteroatoms. The van der Waals surface area contributed by atoms with Crippen molar-refractivity contribution in [1.29, 1.82) is 0 Å². The van der Waals surface area contributed by atoms with Crippen LogP contribution in [0.4, 0.5) is 4.39 Å². The summed E-state index contributed by atoms with van der Waals surface area (Å²) in [5.74, 6) is 0.594. The van der Waals surface area contributed by atoms with E-state index in [1.54, 1.807) is 6.07 Å². The highest BCUT2D eigenvalue weighted by Gasteiger charge is 2.30. The molecular weight excluding hydrogens is 319 g/mol. The molecule has 1 saturated heterocycles. The van der Waals surface area contributed by atoms with Crippen molar-refractivity contribution < 1.29 is 4.39 Å². The highest BCUT2D eigenvalue weighted by Crippen LogP contribution is 2.34. The van der Waals surface area contributed by atoms with Gasteiger partial charge in [-0.1, -0.05) is 35.3 Å². The summed E-state index contributed by atoms with van der Waals surface area (Å²) in [7, 11) is 0. The summed E-state index contributed by atoms with van der Waals surface area (Å²) in [5, 5.41) is 0. The molecule has 2 rings (SSSR count). The minimum atomic E-state index is -0.201. The molecule has 1 aliphatic rings. The first-order valence-corrected chi connectivity index (χ1v) is 8.26. The second-order valence-electron chi connectivity index (χ2n) is 5.77. The Morgan fingerprint density at radius 2 is 2.25 bits per heavy atom. The van der Waals surface area contributed by atoms with E-state index in [-0.39, 0.29) is 11.9 Å². The number of benzene rings is 1. The van der Waals surface area contributed by atoms with E-state index in [2.05, 4.69) is 34.7 Å². The van der Waals surface area contributed by atoms with E-state index in [0.29, 0.717) is 12.6 Å². The molecule has 1 fully saturated rings. The number of halogens is 2. The number of likely N-dealkylation sites (tertiary alicyclic amines) is 1. The molecule has 3 atom stereocenters. The third-order valence-corrected chi connectivity index (χ3v) is 5.32. The summed E-state index contributed by atoms with van der Waals surface area (Å²) in [6.45, 7) is 6.21. The van der Waals surface area contributed by atoms with Gasteiger partial charge in [-0.2, -0.15) is 0 Å². The molecule has 0 aliphatic carbocycles. The molecule has 1 aromatic carbocycles. The number of rotatable bonds is 4. The van der Waals surface area contributed by atoms with Crippen molar-refractivity contribution in [1.82, 2.24) is 4.90 Å². The molecule has 0 bridgehead atoms. The van der Waals surface area contributed by atoms with Crippen LogP contribution < -0.4 is 5.73 Å². The number of hydrogen-bond donors (Lipinski definition) is 1. The monoisotopic (exact) mass is 342 g/mol. The average molecular weight is 343 g/mol. The lowest BCUT2D eigenvalue weighted by Gasteiger charge is -2.42. The second kappa shape index (κ2) is 7.01. The molecule has 2 N–H and O–H groups in total. The highest BCUT2D eigenvalue weighted by molar-refractivity contribution is 9.10. The normalized spacial score (nSPS) is 25.6. The molecule has 0 saturated carbocycles. The zero-order valence-corrected chi connectivity index (χ0v) is 13.9. The van der Waals surface area contributed by atoms with Crippen molar-refractivity contribution in [3.8, 4) is 0 Å². The summed E-state index contributed by atoms with van der Waals surface area (Å²) in [4.78, 5) is 2.48. The topological polar surface area (TPSA) is 29.3 Å². The van der Waals surface area contributed by atoms with Gasteiger partial charge in [-0.25, -0.2) is 4.39 Å². The largest absolute Gasteiger partial charge is 0.329 e. The highest BCUT2D eigenvalue weighted by atomic mass is 79.9. The first kappa shape index (κ1) is 15.9. The van der Waals surface area contributed by atoms with Gasteiger partial charge in [0.2, 0.25) is 0 Å².